The lowest BCUT2D eigenvalue weighted by Crippen LogP contribution is -1.92. The molecule has 0 unspecified atom stereocenters. The fourth-order valence-corrected chi connectivity index (χ4v) is 1.72. The number of benzene rings is 1. The Labute approximate surface area is 105 Å². The molecule has 5 heteroatoms. The first kappa shape index (κ1) is 13.0. The predicted molar refractivity (Wildman–Crippen MR) is 67.7 cm³/mol. The number of nitrogens with one attached hydrogen (secondary N) is 1. The maximum absolute atomic E-state index is 8.58. The average Bonchev–Trinajstić information content (AvgIpc) is 2.39. The monoisotopic (exact) mass is 245 g/mol. The van der Waals surface area contributed by atoms with E-state index in [2.05, 4.69) is 5.32 Å². The van der Waals surface area contributed by atoms with E-state index in [4.69, 9.17) is 15.3 Å². The molecule has 0 heterocycles. The quantitative estimate of drug-likeness (QED) is 0.652. The van der Waals surface area contributed by atoms with Crippen LogP contribution in [0.4, 0.5) is 5.69 Å². The van der Waals surface area contributed by atoms with Crippen LogP contribution in [0.1, 0.15) is 0 Å². The summed E-state index contributed by atoms with van der Waals surface area (Å²) in [6.45, 7) is 0. The van der Waals surface area contributed by atoms with E-state index in [0.29, 0.717) is 0 Å². The average molecular weight is 245 g/mol. The second kappa shape index (κ2) is 6.47. The van der Waals surface area contributed by atoms with Crippen molar-refractivity contribution in [2.75, 3.05) is 18.7 Å². The van der Waals surface area contributed by atoms with Gasteiger partial charge in [-0.25, -0.2) is 0 Å². The van der Waals surface area contributed by atoms with Crippen molar-refractivity contribution in [3.8, 4) is 17.9 Å². The highest BCUT2D eigenvalue weighted by Gasteiger charge is 2.02. The van der Waals surface area contributed by atoms with Crippen molar-refractivity contribution in [1.82, 2.24) is 0 Å². The largest absolute Gasteiger partial charge is 0.496 e. The molecule has 0 spiro atoms. The van der Waals surface area contributed by atoms with Crippen molar-refractivity contribution in [1.29, 1.82) is 10.5 Å². The predicted octanol–water partition coefficient (Wildman–Crippen LogP) is 2.76. The van der Waals surface area contributed by atoms with Gasteiger partial charge in [0.1, 0.15) is 23.5 Å². The van der Waals surface area contributed by atoms with Gasteiger partial charge in [-0.05, 0) is 18.4 Å². The molecule has 1 aromatic carbocycles. The lowest BCUT2D eigenvalue weighted by Gasteiger charge is -2.08. The molecule has 0 saturated heterocycles. The molecule has 0 bridgehead atoms. The number of hydrogen-bond acceptors (Lipinski definition) is 5. The third-order valence-electron chi connectivity index (χ3n) is 2.01. The molecule has 0 amide bonds. The third kappa shape index (κ3) is 3.44. The first-order valence-corrected chi connectivity index (χ1v) is 5.96. The highest BCUT2D eigenvalue weighted by atomic mass is 32.2. The highest BCUT2D eigenvalue weighted by Crippen LogP contribution is 2.30. The van der Waals surface area contributed by atoms with Crippen LogP contribution in [0.5, 0.6) is 5.75 Å². The summed E-state index contributed by atoms with van der Waals surface area (Å²) in [4.78, 5) is 1.03. The second-order valence-electron chi connectivity index (χ2n) is 3.00. The number of nitriles is 2. The van der Waals surface area contributed by atoms with Crippen LogP contribution in [-0.4, -0.2) is 13.4 Å². The van der Waals surface area contributed by atoms with Crippen LogP contribution in [0.2, 0.25) is 0 Å². The van der Waals surface area contributed by atoms with Gasteiger partial charge in [0.2, 0.25) is 0 Å². The zero-order valence-corrected chi connectivity index (χ0v) is 10.3. The minimum atomic E-state index is 0.0258. The Hall–Kier alpha value is -2.11. The van der Waals surface area contributed by atoms with Gasteiger partial charge in [0.15, 0.2) is 0 Å². The normalized spacial score (nSPS) is 8.71. The smallest absolute Gasteiger partial charge is 0.145 e. The number of thioether (sulfide) groups is 1. The lowest BCUT2D eigenvalue weighted by molar-refractivity contribution is 0.405. The standard InChI is InChI=1S/C12H11N3OS/c1-16-11-5-10(3-4-12(11)17-2)15-8-9(6-13)7-14/h3-5,8,15H,1-2H3. The fraction of sp³-hybridized carbons (Fsp3) is 0.167. The van der Waals surface area contributed by atoms with Gasteiger partial charge < -0.3 is 10.1 Å². The van der Waals surface area contributed by atoms with E-state index in [0.717, 1.165) is 16.3 Å². The van der Waals surface area contributed by atoms with Crippen LogP contribution < -0.4 is 10.1 Å². The maximum atomic E-state index is 8.58. The Morgan fingerprint density at radius 3 is 2.65 bits per heavy atom. The Kier molecular flexibility index (Phi) is 4.93. The fourth-order valence-electron chi connectivity index (χ4n) is 1.17. The number of hydrogen-bond donors (Lipinski definition) is 1. The van der Waals surface area contributed by atoms with E-state index < -0.39 is 0 Å². The molecule has 0 atom stereocenters. The highest BCUT2D eigenvalue weighted by molar-refractivity contribution is 7.98. The lowest BCUT2D eigenvalue weighted by atomic mass is 10.3. The van der Waals surface area contributed by atoms with E-state index in [1.807, 2.05) is 24.5 Å². The molecule has 1 aromatic rings. The number of anilines is 1. The molecule has 17 heavy (non-hydrogen) atoms. The van der Waals surface area contributed by atoms with Gasteiger partial charge in [-0.1, -0.05) is 0 Å². The molecule has 0 radical (unpaired) electrons. The van der Waals surface area contributed by atoms with Gasteiger partial charge in [-0.15, -0.1) is 11.8 Å². The van der Waals surface area contributed by atoms with Gasteiger partial charge >= 0.3 is 0 Å². The Bertz CT molecular complexity index is 495. The topological polar surface area (TPSA) is 68.8 Å². The number of allylic oxidation sites excluding steroid dienone is 1. The Morgan fingerprint density at radius 1 is 1.41 bits per heavy atom. The molecule has 0 fully saturated rings. The number of nitrogens with zero attached hydrogens (tertiary/aromatic N) is 2. The number of ether oxygens (including phenoxy) is 1. The molecule has 86 valence electrons. The van der Waals surface area contributed by atoms with Gasteiger partial charge in [-0.2, -0.15) is 10.5 Å². The molecular formula is C12H11N3OS. The van der Waals surface area contributed by atoms with Crippen molar-refractivity contribution >= 4 is 17.4 Å². The molecule has 0 aliphatic rings. The molecule has 0 saturated carbocycles. The van der Waals surface area contributed by atoms with Gasteiger partial charge in [-0.3, -0.25) is 0 Å². The summed E-state index contributed by atoms with van der Waals surface area (Å²) >= 11 is 1.59. The molecular weight excluding hydrogens is 234 g/mol. The van der Waals surface area contributed by atoms with Crippen LogP contribution in [-0.2, 0) is 0 Å². The SMILES string of the molecule is COc1cc(NC=C(C#N)C#N)ccc1SC. The van der Waals surface area contributed by atoms with Crippen molar-refractivity contribution in [2.45, 2.75) is 4.90 Å². The summed E-state index contributed by atoms with van der Waals surface area (Å²) in [5, 5.41) is 20.0. The number of rotatable bonds is 4. The first-order valence-electron chi connectivity index (χ1n) is 4.74. The van der Waals surface area contributed by atoms with Crippen molar-refractivity contribution in [3.63, 3.8) is 0 Å². The minimum Gasteiger partial charge on any atom is -0.496 e. The molecule has 1 rings (SSSR count). The van der Waals surface area contributed by atoms with Crippen molar-refractivity contribution in [3.05, 3.63) is 30.0 Å². The first-order chi connectivity index (χ1) is 8.24. The summed E-state index contributed by atoms with van der Waals surface area (Å²) in [6.07, 6.45) is 3.34. The molecule has 1 N–H and O–H groups in total. The summed E-state index contributed by atoms with van der Waals surface area (Å²) in [7, 11) is 1.60. The van der Waals surface area contributed by atoms with E-state index in [-0.39, 0.29) is 5.57 Å². The van der Waals surface area contributed by atoms with Crippen molar-refractivity contribution in [2.24, 2.45) is 0 Å². The van der Waals surface area contributed by atoms with Crippen LogP contribution in [0.25, 0.3) is 0 Å². The molecule has 0 aliphatic carbocycles. The van der Waals surface area contributed by atoms with Crippen LogP contribution in [0.3, 0.4) is 0 Å². The molecule has 0 aromatic heterocycles. The zero-order valence-electron chi connectivity index (χ0n) is 9.52. The minimum absolute atomic E-state index is 0.0258. The maximum Gasteiger partial charge on any atom is 0.145 e. The second-order valence-corrected chi connectivity index (χ2v) is 3.84. The van der Waals surface area contributed by atoms with Crippen LogP contribution in [0, 0.1) is 22.7 Å². The van der Waals surface area contributed by atoms with E-state index in [1.165, 1.54) is 6.20 Å². The summed E-state index contributed by atoms with van der Waals surface area (Å²) in [6, 6.07) is 9.14. The zero-order chi connectivity index (χ0) is 12.7. The summed E-state index contributed by atoms with van der Waals surface area (Å²) in [5.74, 6) is 0.756. The van der Waals surface area contributed by atoms with Gasteiger partial charge in [0, 0.05) is 22.8 Å². The Morgan fingerprint density at radius 2 is 2.12 bits per heavy atom. The summed E-state index contributed by atoms with van der Waals surface area (Å²) < 4.78 is 5.22. The van der Waals surface area contributed by atoms with Crippen molar-refractivity contribution < 1.29 is 4.74 Å². The third-order valence-corrected chi connectivity index (χ3v) is 2.78. The Balaban J connectivity index is 2.92. The molecule has 0 aliphatic heterocycles. The van der Waals surface area contributed by atoms with E-state index >= 15 is 0 Å². The van der Waals surface area contributed by atoms with Crippen LogP contribution >= 0.6 is 11.8 Å². The van der Waals surface area contributed by atoms with Gasteiger partial charge in [0.25, 0.3) is 0 Å². The van der Waals surface area contributed by atoms with E-state index in [1.54, 1.807) is 31.0 Å². The molecule has 4 nitrogen and oxygen atoms in total. The number of methoxy groups -OCH3 is 1. The van der Waals surface area contributed by atoms with Crippen LogP contribution in [0.15, 0.2) is 34.9 Å². The van der Waals surface area contributed by atoms with Gasteiger partial charge in [0.05, 0.1) is 7.11 Å². The summed E-state index contributed by atoms with van der Waals surface area (Å²) in [5.41, 5.74) is 0.792. The van der Waals surface area contributed by atoms with E-state index in [9.17, 15) is 0 Å².